The van der Waals surface area contributed by atoms with E-state index in [2.05, 4.69) is 9.97 Å². The van der Waals surface area contributed by atoms with Gasteiger partial charge in [0.15, 0.2) is 6.29 Å². The summed E-state index contributed by atoms with van der Waals surface area (Å²) in [4.78, 5) is 21.2. The lowest BCUT2D eigenvalue weighted by Crippen LogP contribution is -2.21. The Hall–Kier alpha value is -1.45. The van der Waals surface area contributed by atoms with Crippen LogP contribution in [0.15, 0.2) is 6.20 Å². The van der Waals surface area contributed by atoms with Gasteiger partial charge in [-0.3, -0.25) is 4.79 Å². The van der Waals surface area contributed by atoms with Crippen LogP contribution >= 0.6 is 0 Å². The molecule has 0 spiro atoms. The molecule has 0 saturated carbocycles. The number of aldehydes is 1. The van der Waals surface area contributed by atoms with Gasteiger partial charge in [0.05, 0.1) is 11.3 Å². The fourth-order valence-electron chi connectivity index (χ4n) is 1.28. The summed E-state index contributed by atoms with van der Waals surface area (Å²) in [6.07, 6.45) is 2.38. The average molecular weight is 207 g/mol. The number of hydrogen-bond acceptors (Lipinski definition) is 4. The van der Waals surface area contributed by atoms with Crippen LogP contribution in [-0.4, -0.2) is 30.3 Å². The Morgan fingerprint density at radius 2 is 1.93 bits per heavy atom. The third-order valence-corrected chi connectivity index (χ3v) is 2.04. The fourth-order valence-corrected chi connectivity index (χ4v) is 1.28. The van der Waals surface area contributed by atoms with Gasteiger partial charge < -0.3 is 4.90 Å². The van der Waals surface area contributed by atoms with Crippen LogP contribution in [0.5, 0.6) is 0 Å². The maximum Gasteiger partial charge on any atom is 0.225 e. The van der Waals surface area contributed by atoms with E-state index in [1.165, 1.54) is 0 Å². The molecule has 0 aromatic carbocycles. The highest BCUT2D eigenvalue weighted by atomic mass is 16.1. The first kappa shape index (κ1) is 11.6. The first-order valence-corrected chi connectivity index (χ1v) is 4.86. The molecule has 1 heterocycles. The third kappa shape index (κ3) is 2.52. The van der Waals surface area contributed by atoms with Crippen molar-refractivity contribution in [2.45, 2.75) is 26.2 Å². The molecule has 0 N–H and O–H groups in total. The molecule has 0 fully saturated rings. The van der Waals surface area contributed by atoms with Crippen molar-refractivity contribution in [3.8, 4) is 0 Å². The van der Waals surface area contributed by atoms with Crippen LogP contribution < -0.4 is 4.90 Å². The zero-order valence-corrected chi connectivity index (χ0v) is 9.90. The van der Waals surface area contributed by atoms with E-state index < -0.39 is 0 Å². The standard InChI is InChI=1S/C11H17N3O/c1-11(2,3)9-8(7-15)6-12-10(13-9)14(4)5/h6-7H,1-5H3. The van der Waals surface area contributed by atoms with E-state index >= 15 is 0 Å². The molecule has 1 rings (SSSR count). The Morgan fingerprint density at radius 3 is 2.33 bits per heavy atom. The molecule has 0 saturated heterocycles. The number of carbonyl (C=O) groups is 1. The van der Waals surface area contributed by atoms with Crippen molar-refractivity contribution in [3.63, 3.8) is 0 Å². The van der Waals surface area contributed by atoms with Crippen molar-refractivity contribution in [2.24, 2.45) is 0 Å². The van der Waals surface area contributed by atoms with Crippen molar-refractivity contribution >= 4 is 12.2 Å². The average Bonchev–Trinajstić information content (AvgIpc) is 2.15. The molecule has 82 valence electrons. The van der Waals surface area contributed by atoms with Crippen molar-refractivity contribution in [2.75, 3.05) is 19.0 Å². The van der Waals surface area contributed by atoms with Crippen LogP contribution in [0, 0.1) is 0 Å². The maximum atomic E-state index is 10.9. The second-order valence-corrected chi connectivity index (χ2v) is 4.74. The lowest BCUT2D eigenvalue weighted by molar-refractivity contribution is 0.112. The second-order valence-electron chi connectivity index (χ2n) is 4.74. The normalized spacial score (nSPS) is 11.3. The van der Waals surface area contributed by atoms with E-state index in [9.17, 15) is 4.79 Å². The highest BCUT2D eigenvalue weighted by Gasteiger charge is 2.21. The summed E-state index contributed by atoms with van der Waals surface area (Å²) in [5, 5.41) is 0. The molecule has 0 aliphatic heterocycles. The Bertz CT molecular complexity index is 367. The first-order chi connectivity index (χ1) is 6.86. The van der Waals surface area contributed by atoms with Gasteiger partial charge in [0.1, 0.15) is 0 Å². The molecule has 0 radical (unpaired) electrons. The highest BCUT2D eigenvalue weighted by Crippen LogP contribution is 2.23. The van der Waals surface area contributed by atoms with Crippen LogP contribution in [0.3, 0.4) is 0 Å². The number of rotatable bonds is 2. The number of aromatic nitrogens is 2. The SMILES string of the molecule is CN(C)c1ncc(C=O)c(C(C)(C)C)n1. The summed E-state index contributed by atoms with van der Waals surface area (Å²) in [5.41, 5.74) is 1.20. The lowest BCUT2D eigenvalue weighted by Gasteiger charge is -2.21. The molecule has 4 heteroatoms. The van der Waals surface area contributed by atoms with E-state index in [0.29, 0.717) is 11.5 Å². The smallest absolute Gasteiger partial charge is 0.225 e. The summed E-state index contributed by atoms with van der Waals surface area (Å²) in [6.45, 7) is 6.09. The molecule has 0 amide bonds. The number of carbonyl (C=O) groups excluding carboxylic acids is 1. The zero-order valence-electron chi connectivity index (χ0n) is 9.90. The van der Waals surface area contributed by atoms with Gasteiger partial charge in [-0.2, -0.15) is 0 Å². The Balaban J connectivity index is 3.32. The molecular formula is C11H17N3O. The number of hydrogen-bond donors (Lipinski definition) is 0. The molecule has 0 aliphatic carbocycles. The Kier molecular flexibility index (Phi) is 3.07. The van der Waals surface area contributed by atoms with Gasteiger partial charge in [-0.25, -0.2) is 9.97 Å². The van der Waals surface area contributed by atoms with E-state index in [-0.39, 0.29) is 5.41 Å². The van der Waals surface area contributed by atoms with Gasteiger partial charge in [0.2, 0.25) is 5.95 Å². The van der Waals surface area contributed by atoms with E-state index in [1.54, 1.807) is 6.20 Å². The lowest BCUT2D eigenvalue weighted by atomic mass is 9.89. The second kappa shape index (κ2) is 3.96. The molecule has 0 unspecified atom stereocenters. The summed E-state index contributed by atoms with van der Waals surface area (Å²) >= 11 is 0. The van der Waals surface area contributed by atoms with E-state index in [4.69, 9.17) is 0 Å². The van der Waals surface area contributed by atoms with Crippen molar-refractivity contribution < 1.29 is 4.79 Å². The third-order valence-electron chi connectivity index (χ3n) is 2.04. The monoisotopic (exact) mass is 207 g/mol. The summed E-state index contributed by atoms with van der Waals surface area (Å²) < 4.78 is 0. The van der Waals surface area contributed by atoms with Gasteiger partial charge in [0, 0.05) is 25.7 Å². The first-order valence-electron chi connectivity index (χ1n) is 4.86. The van der Waals surface area contributed by atoms with Gasteiger partial charge in [-0.1, -0.05) is 20.8 Å². The molecule has 0 aliphatic rings. The van der Waals surface area contributed by atoms with Gasteiger partial charge in [-0.15, -0.1) is 0 Å². The number of anilines is 1. The highest BCUT2D eigenvalue weighted by molar-refractivity contribution is 5.76. The van der Waals surface area contributed by atoms with E-state index in [1.807, 2.05) is 39.8 Å². The van der Waals surface area contributed by atoms with Crippen molar-refractivity contribution in [1.82, 2.24) is 9.97 Å². The molecule has 4 nitrogen and oxygen atoms in total. The largest absolute Gasteiger partial charge is 0.347 e. The predicted octanol–water partition coefficient (Wildman–Crippen LogP) is 1.65. The summed E-state index contributed by atoms with van der Waals surface area (Å²) in [5.74, 6) is 0.630. The maximum absolute atomic E-state index is 10.9. The van der Waals surface area contributed by atoms with Crippen LogP contribution in [-0.2, 0) is 5.41 Å². The molecule has 15 heavy (non-hydrogen) atoms. The quantitative estimate of drug-likeness (QED) is 0.692. The molecule has 0 bridgehead atoms. The van der Waals surface area contributed by atoms with Crippen molar-refractivity contribution in [1.29, 1.82) is 0 Å². The minimum Gasteiger partial charge on any atom is -0.347 e. The molecule has 0 atom stereocenters. The van der Waals surface area contributed by atoms with Gasteiger partial charge in [0.25, 0.3) is 0 Å². The summed E-state index contributed by atoms with van der Waals surface area (Å²) in [6, 6.07) is 0. The van der Waals surface area contributed by atoms with Crippen LogP contribution in [0.25, 0.3) is 0 Å². The topological polar surface area (TPSA) is 46.1 Å². The van der Waals surface area contributed by atoms with Gasteiger partial charge >= 0.3 is 0 Å². The van der Waals surface area contributed by atoms with Gasteiger partial charge in [-0.05, 0) is 0 Å². The zero-order chi connectivity index (χ0) is 11.6. The minimum atomic E-state index is -0.149. The Labute approximate surface area is 90.3 Å². The predicted molar refractivity (Wildman–Crippen MR) is 60.4 cm³/mol. The molecule has 1 aromatic rings. The number of nitrogens with zero attached hydrogens (tertiary/aromatic N) is 3. The fraction of sp³-hybridized carbons (Fsp3) is 0.545. The molecule has 1 aromatic heterocycles. The van der Waals surface area contributed by atoms with Crippen LogP contribution in [0.4, 0.5) is 5.95 Å². The van der Waals surface area contributed by atoms with Crippen molar-refractivity contribution in [3.05, 3.63) is 17.5 Å². The summed E-state index contributed by atoms with van der Waals surface area (Å²) in [7, 11) is 3.75. The molecular weight excluding hydrogens is 190 g/mol. The van der Waals surface area contributed by atoms with Crippen LogP contribution in [0.2, 0.25) is 0 Å². The minimum absolute atomic E-state index is 0.149. The Morgan fingerprint density at radius 1 is 1.33 bits per heavy atom. The van der Waals surface area contributed by atoms with Crippen LogP contribution in [0.1, 0.15) is 36.8 Å². The van der Waals surface area contributed by atoms with E-state index in [0.717, 1.165) is 12.0 Å².